The molecule has 1 aliphatic rings. The highest BCUT2D eigenvalue weighted by molar-refractivity contribution is 5.88. The fourth-order valence-corrected chi connectivity index (χ4v) is 2.07. The van der Waals surface area contributed by atoms with Gasteiger partial charge in [0.25, 0.3) is 0 Å². The second-order valence-corrected chi connectivity index (χ2v) is 4.32. The van der Waals surface area contributed by atoms with Crippen molar-refractivity contribution in [3.05, 3.63) is 29.1 Å². The van der Waals surface area contributed by atoms with Crippen LogP contribution in [0.2, 0.25) is 0 Å². The molecule has 0 aliphatic heterocycles. The van der Waals surface area contributed by atoms with E-state index in [4.69, 9.17) is 5.11 Å². The van der Waals surface area contributed by atoms with Gasteiger partial charge in [0.05, 0.1) is 0 Å². The molecule has 0 fully saturated rings. The summed E-state index contributed by atoms with van der Waals surface area (Å²) >= 11 is 0. The molecule has 3 nitrogen and oxygen atoms in total. The monoisotopic (exact) mass is 205 g/mol. The molecule has 0 aromatic carbocycles. The first kappa shape index (κ1) is 10.0. The first-order valence-corrected chi connectivity index (χ1v) is 5.24. The van der Waals surface area contributed by atoms with E-state index in [0.29, 0.717) is 11.6 Å². The number of H-pyrrole nitrogens is 1. The van der Waals surface area contributed by atoms with Gasteiger partial charge in [0, 0.05) is 5.69 Å². The Hall–Kier alpha value is -1.51. The minimum atomic E-state index is -0.881. The van der Waals surface area contributed by atoms with Crippen molar-refractivity contribution in [2.45, 2.75) is 26.7 Å². The van der Waals surface area contributed by atoms with Crippen molar-refractivity contribution in [3.8, 4) is 0 Å². The minimum Gasteiger partial charge on any atom is -0.477 e. The fourth-order valence-electron chi connectivity index (χ4n) is 2.07. The fraction of sp³-hybridized carbons (Fsp3) is 0.417. The lowest BCUT2D eigenvalue weighted by molar-refractivity contribution is 0.0691. The molecule has 0 bridgehead atoms. The molecule has 0 amide bonds. The van der Waals surface area contributed by atoms with Crippen molar-refractivity contribution in [2.75, 3.05) is 0 Å². The Morgan fingerprint density at radius 2 is 2.27 bits per heavy atom. The van der Waals surface area contributed by atoms with E-state index in [1.165, 1.54) is 5.57 Å². The summed E-state index contributed by atoms with van der Waals surface area (Å²) in [5.41, 5.74) is 3.75. The third kappa shape index (κ3) is 1.82. The summed E-state index contributed by atoms with van der Waals surface area (Å²) < 4.78 is 0. The number of aryl methyl sites for hydroxylation is 1. The van der Waals surface area contributed by atoms with Crippen molar-refractivity contribution in [2.24, 2.45) is 5.92 Å². The summed E-state index contributed by atoms with van der Waals surface area (Å²) in [7, 11) is 0. The molecular weight excluding hydrogens is 190 g/mol. The molecule has 0 spiro atoms. The SMILES string of the molecule is CC(C)/C=C1\CCc2[nH]c(C(=O)O)cc21. The summed E-state index contributed by atoms with van der Waals surface area (Å²) in [6.07, 6.45) is 4.17. The summed E-state index contributed by atoms with van der Waals surface area (Å²) in [4.78, 5) is 13.7. The summed E-state index contributed by atoms with van der Waals surface area (Å²) in [5.74, 6) is -0.373. The Labute approximate surface area is 88.8 Å². The minimum absolute atomic E-state index is 0.300. The summed E-state index contributed by atoms with van der Waals surface area (Å²) in [5, 5.41) is 8.86. The Morgan fingerprint density at radius 3 is 2.87 bits per heavy atom. The number of carboxylic acid groups (broad SMARTS) is 1. The van der Waals surface area contributed by atoms with Crippen molar-refractivity contribution >= 4 is 11.5 Å². The van der Waals surface area contributed by atoms with Crippen molar-refractivity contribution in [3.63, 3.8) is 0 Å². The number of aromatic amines is 1. The number of carbonyl (C=O) groups is 1. The van der Waals surface area contributed by atoms with Crippen LogP contribution >= 0.6 is 0 Å². The first-order valence-electron chi connectivity index (χ1n) is 5.24. The predicted molar refractivity (Wildman–Crippen MR) is 58.9 cm³/mol. The quantitative estimate of drug-likeness (QED) is 0.779. The molecule has 0 radical (unpaired) electrons. The van der Waals surface area contributed by atoms with E-state index in [0.717, 1.165) is 24.1 Å². The molecule has 15 heavy (non-hydrogen) atoms. The molecule has 1 aliphatic carbocycles. The predicted octanol–water partition coefficient (Wildman–Crippen LogP) is 2.70. The average Bonchev–Trinajstić information content (AvgIpc) is 2.66. The number of aromatic nitrogens is 1. The first-order chi connectivity index (χ1) is 7.08. The average molecular weight is 205 g/mol. The van der Waals surface area contributed by atoms with Gasteiger partial charge in [-0.2, -0.15) is 0 Å². The molecule has 0 saturated heterocycles. The van der Waals surface area contributed by atoms with Crippen molar-refractivity contribution < 1.29 is 9.90 Å². The van der Waals surface area contributed by atoms with Gasteiger partial charge in [0.1, 0.15) is 5.69 Å². The highest BCUT2D eigenvalue weighted by Gasteiger charge is 2.21. The highest BCUT2D eigenvalue weighted by Crippen LogP contribution is 2.33. The number of rotatable bonds is 2. The van der Waals surface area contributed by atoms with Gasteiger partial charge in [-0.1, -0.05) is 19.9 Å². The standard InChI is InChI=1S/C12H15NO2/c1-7(2)5-8-3-4-10-9(8)6-11(13-10)12(14)15/h5-7,13H,3-4H2,1-2H3,(H,14,15)/b8-5+. The number of nitrogens with one attached hydrogen (secondary N) is 1. The van der Waals surface area contributed by atoms with Gasteiger partial charge < -0.3 is 10.1 Å². The Morgan fingerprint density at radius 1 is 1.53 bits per heavy atom. The molecule has 2 N–H and O–H groups in total. The van der Waals surface area contributed by atoms with Crippen molar-refractivity contribution in [1.82, 2.24) is 4.98 Å². The van der Waals surface area contributed by atoms with Gasteiger partial charge in [-0.15, -0.1) is 0 Å². The third-order valence-corrected chi connectivity index (χ3v) is 2.65. The second kappa shape index (κ2) is 3.57. The van der Waals surface area contributed by atoms with Crippen LogP contribution in [0.1, 0.15) is 42.0 Å². The number of aromatic carboxylic acids is 1. The van der Waals surface area contributed by atoms with Crippen LogP contribution < -0.4 is 0 Å². The molecule has 1 heterocycles. The zero-order chi connectivity index (χ0) is 11.0. The highest BCUT2D eigenvalue weighted by atomic mass is 16.4. The van der Waals surface area contributed by atoms with Crippen LogP contribution in [0.5, 0.6) is 0 Å². The lowest BCUT2D eigenvalue weighted by Crippen LogP contribution is -1.96. The number of carboxylic acids is 1. The Bertz CT molecular complexity index is 427. The zero-order valence-electron chi connectivity index (χ0n) is 9.00. The van der Waals surface area contributed by atoms with Crippen LogP contribution in [0.15, 0.2) is 12.1 Å². The van der Waals surface area contributed by atoms with Crippen LogP contribution in [0.4, 0.5) is 0 Å². The molecule has 2 rings (SSSR count). The largest absolute Gasteiger partial charge is 0.477 e. The van der Waals surface area contributed by atoms with E-state index in [9.17, 15) is 4.79 Å². The Kier molecular flexibility index (Phi) is 2.39. The number of hydrogen-bond acceptors (Lipinski definition) is 1. The van der Waals surface area contributed by atoms with E-state index < -0.39 is 5.97 Å². The maximum Gasteiger partial charge on any atom is 0.352 e. The van der Waals surface area contributed by atoms with E-state index in [2.05, 4.69) is 24.9 Å². The van der Waals surface area contributed by atoms with E-state index in [1.54, 1.807) is 6.07 Å². The molecule has 80 valence electrons. The van der Waals surface area contributed by atoms with Crippen LogP contribution in [0.3, 0.4) is 0 Å². The van der Waals surface area contributed by atoms with E-state index in [-0.39, 0.29) is 0 Å². The molecule has 3 heteroatoms. The molecule has 0 atom stereocenters. The van der Waals surface area contributed by atoms with Crippen LogP contribution in [0, 0.1) is 5.92 Å². The summed E-state index contributed by atoms with van der Waals surface area (Å²) in [6.45, 7) is 4.27. The number of fused-ring (bicyclic) bond motifs is 1. The lowest BCUT2D eigenvalue weighted by atomic mass is 10.1. The molecule has 0 unspecified atom stereocenters. The smallest absolute Gasteiger partial charge is 0.352 e. The molecule has 1 aromatic rings. The van der Waals surface area contributed by atoms with Crippen molar-refractivity contribution in [1.29, 1.82) is 0 Å². The maximum atomic E-state index is 10.8. The number of allylic oxidation sites excluding steroid dienone is 2. The van der Waals surface area contributed by atoms with Crippen LogP contribution in [0.25, 0.3) is 5.57 Å². The molecular formula is C12H15NO2. The topological polar surface area (TPSA) is 53.1 Å². The van der Waals surface area contributed by atoms with Gasteiger partial charge in [-0.3, -0.25) is 0 Å². The van der Waals surface area contributed by atoms with Gasteiger partial charge in [0.2, 0.25) is 0 Å². The zero-order valence-corrected chi connectivity index (χ0v) is 9.00. The third-order valence-electron chi connectivity index (χ3n) is 2.65. The van der Waals surface area contributed by atoms with Crippen LogP contribution in [-0.2, 0) is 6.42 Å². The molecule has 0 saturated carbocycles. The molecule has 1 aromatic heterocycles. The van der Waals surface area contributed by atoms with E-state index >= 15 is 0 Å². The van der Waals surface area contributed by atoms with Gasteiger partial charge in [-0.25, -0.2) is 4.79 Å². The Balaban J connectivity index is 2.38. The van der Waals surface area contributed by atoms with Gasteiger partial charge in [-0.05, 0) is 36.0 Å². The van der Waals surface area contributed by atoms with Crippen LogP contribution in [-0.4, -0.2) is 16.1 Å². The van der Waals surface area contributed by atoms with E-state index in [1.807, 2.05) is 0 Å². The maximum absolute atomic E-state index is 10.8. The second-order valence-electron chi connectivity index (χ2n) is 4.32. The lowest BCUT2D eigenvalue weighted by Gasteiger charge is -1.99. The summed E-state index contributed by atoms with van der Waals surface area (Å²) in [6, 6.07) is 1.75. The van der Waals surface area contributed by atoms with Gasteiger partial charge >= 0.3 is 5.97 Å². The number of hydrogen-bond donors (Lipinski definition) is 2. The normalized spacial score (nSPS) is 17.4. The van der Waals surface area contributed by atoms with Gasteiger partial charge in [0.15, 0.2) is 0 Å².